The largest absolute Gasteiger partial charge is 0.508 e. The predicted octanol–water partition coefficient (Wildman–Crippen LogP) is 5.74. The van der Waals surface area contributed by atoms with E-state index in [0.29, 0.717) is 17.5 Å². The van der Waals surface area contributed by atoms with Gasteiger partial charge in [0.1, 0.15) is 29.2 Å². The van der Waals surface area contributed by atoms with E-state index in [1.54, 1.807) is 49.9 Å². The number of hydrogen-bond donors (Lipinski definition) is 4. The zero-order chi connectivity index (χ0) is 31.1. The van der Waals surface area contributed by atoms with Gasteiger partial charge in [0.05, 0.1) is 0 Å². The summed E-state index contributed by atoms with van der Waals surface area (Å²) in [4.78, 5) is 43.3. The summed E-state index contributed by atoms with van der Waals surface area (Å²) in [5.74, 6) is -0.730. The van der Waals surface area contributed by atoms with Crippen LogP contribution in [-0.4, -0.2) is 56.2 Å². The summed E-state index contributed by atoms with van der Waals surface area (Å²) in [6, 6.07) is 10.7. The van der Waals surface area contributed by atoms with Crippen molar-refractivity contribution in [3.05, 3.63) is 59.7 Å². The number of amides is 3. The van der Waals surface area contributed by atoms with Gasteiger partial charge in [-0.25, -0.2) is 4.79 Å². The number of hydrogen-bond acceptors (Lipinski definition) is 6. The third-order valence-corrected chi connectivity index (χ3v) is 7.76. The fourth-order valence-electron chi connectivity index (χ4n) is 5.27. The van der Waals surface area contributed by atoms with Crippen molar-refractivity contribution in [2.24, 2.45) is 0 Å². The van der Waals surface area contributed by atoms with Crippen LogP contribution in [0.4, 0.5) is 4.79 Å². The first-order chi connectivity index (χ1) is 19.7. The average Bonchev–Trinajstić information content (AvgIpc) is 2.91. The van der Waals surface area contributed by atoms with Crippen LogP contribution in [0.3, 0.4) is 0 Å². The minimum atomic E-state index is -1.09. The number of nitrogens with one attached hydrogen (secondary N) is 2. The van der Waals surface area contributed by atoms with Crippen LogP contribution < -0.4 is 10.6 Å². The van der Waals surface area contributed by atoms with Crippen LogP contribution in [-0.2, 0) is 20.7 Å². The second kappa shape index (κ2) is 13.9. The summed E-state index contributed by atoms with van der Waals surface area (Å²) in [6.07, 6.45) is 4.79. The Morgan fingerprint density at radius 3 is 2.17 bits per heavy atom. The first-order valence-corrected chi connectivity index (χ1v) is 14.9. The van der Waals surface area contributed by atoms with Gasteiger partial charge in [-0.15, -0.1) is 0 Å². The third kappa shape index (κ3) is 9.13. The Balaban J connectivity index is 2.09. The summed E-state index contributed by atoms with van der Waals surface area (Å²) < 4.78 is 5.50. The molecule has 2 aromatic rings. The summed E-state index contributed by atoms with van der Waals surface area (Å²) >= 11 is 0. The van der Waals surface area contributed by atoms with Crippen molar-refractivity contribution >= 4 is 17.9 Å². The lowest BCUT2D eigenvalue weighted by Crippen LogP contribution is -2.60. The lowest BCUT2D eigenvalue weighted by atomic mass is 9.90. The van der Waals surface area contributed by atoms with Crippen molar-refractivity contribution < 1.29 is 29.3 Å². The molecular weight excluding hydrogens is 534 g/mol. The fraction of sp³-hybridized carbons (Fsp3) is 0.545. The van der Waals surface area contributed by atoms with Crippen LogP contribution in [0.5, 0.6) is 11.5 Å². The molecule has 3 rings (SSSR count). The van der Waals surface area contributed by atoms with Crippen LogP contribution in [0.1, 0.15) is 97.2 Å². The van der Waals surface area contributed by atoms with Gasteiger partial charge in [0.25, 0.3) is 0 Å². The molecule has 0 radical (unpaired) electrons. The Hall–Kier alpha value is -3.75. The minimum absolute atomic E-state index is 0.000400. The molecule has 1 aliphatic rings. The SMILES string of the molecule is CCC(C)(C)N(C(=O)C(Cc1ccc(O)cc1)NC(=O)OC(C)(C)C)C(C(=O)NC1CCCCC1)c1cccc(O)c1. The molecule has 0 aromatic heterocycles. The van der Waals surface area contributed by atoms with E-state index in [9.17, 15) is 24.6 Å². The molecule has 0 heterocycles. The number of benzene rings is 2. The maximum Gasteiger partial charge on any atom is 0.408 e. The summed E-state index contributed by atoms with van der Waals surface area (Å²) in [5.41, 5.74) is -0.432. The molecule has 42 heavy (non-hydrogen) atoms. The molecule has 9 heteroatoms. The van der Waals surface area contributed by atoms with Gasteiger partial charge >= 0.3 is 6.09 Å². The molecule has 1 aliphatic carbocycles. The van der Waals surface area contributed by atoms with Gasteiger partial charge in [-0.1, -0.05) is 50.5 Å². The molecule has 3 amide bonds. The number of carbonyl (C=O) groups is 3. The number of rotatable bonds is 10. The standard InChI is InChI=1S/C33H47N3O6/c1-7-33(5,6)36(28(23-12-11-15-26(38)21-23)29(39)34-24-13-9-8-10-14-24)30(40)27(35-31(41)42-32(2,3)4)20-22-16-18-25(37)19-17-22/h11-12,15-19,21,24,27-28,37-38H,7-10,13-14,20H2,1-6H3,(H,34,39)(H,35,41). The van der Waals surface area contributed by atoms with Crippen molar-refractivity contribution in [3.8, 4) is 11.5 Å². The number of nitrogens with zero attached hydrogens (tertiary/aromatic N) is 1. The number of phenolic OH excluding ortho intramolecular Hbond substituents is 2. The molecule has 230 valence electrons. The molecule has 0 saturated heterocycles. The molecule has 4 N–H and O–H groups in total. The van der Waals surface area contributed by atoms with Gasteiger partial charge in [-0.2, -0.15) is 0 Å². The Morgan fingerprint density at radius 2 is 1.60 bits per heavy atom. The van der Waals surface area contributed by atoms with Gasteiger partial charge in [0.15, 0.2) is 0 Å². The average molecular weight is 582 g/mol. The van der Waals surface area contributed by atoms with E-state index < -0.39 is 35.2 Å². The normalized spacial score (nSPS) is 15.8. The van der Waals surface area contributed by atoms with E-state index >= 15 is 0 Å². The maximum atomic E-state index is 14.7. The van der Waals surface area contributed by atoms with Crippen LogP contribution in [0.25, 0.3) is 0 Å². The molecular formula is C33H47N3O6. The molecule has 2 unspecified atom stereocenters. The predicted molar refractivity (Wildman–Crippen MR) is 162 cm³/mol. The molecule has 0 bridgehead atoms. The zero-order valence-corrected chi connectivity index (χ0v) is 25.8. The third-order valence-electron chi connectivity index (χ3n) is 7.76. The molecule has 1 saturated carbocycles. The van der Waals surface area contributed by atoms with E-state index in [2.05, 4.69) is 10.6 Å². The smallest absolute Gasteiger partial charge is 0.408 e. The molecule has 0 spiro atoms. The fourth-order valence-corrected chi connectivity index (χ4v) is 5.27. The Morgan fingerprint density at radius 1 is 0.952 bits per heavy atom. The van der Waals surface area contributed by atoms with Gasteiger partial charge in [-0.3, -0.25) is 9.59 Å². The van der Waals surface area contributed by atoms with Crippen LogP contribution >= 0.6 is 0 Å². The second-order valence-corrected chi connectivity index (χ2v) is 12.8. The number of aromatic hydroxyl groups is 2. The quantitative estimate of drug-likeness (QED) is 0.283. The number of ether oxygens (including phenoxy) is 1. The van der Waals surface area contributed by atoms with E-state index in [-0.39, 0.29) is 29.9 Å². The topological polar surface area (TPSA) is 128 Å². The molecule has 2 aromatic carbocycles. The van der Waals surface area contributed by atoms with Gasteiger partial charge < -0.3 is 30.5 Å². The lowest BCUT2D eigenvalue weighted by Gasteiger charge is -2.45. The minimum Gasteiger partial charge on any atom is -0.508 e. The number of alkyl carbamates (subject to hydrolysis) is 1. The zero-order valence-electron chi connectivity index (χ0n) is 25.8. The van der Waals surface area contributed by atoms with Gasteiger partial charge in [0.2, 0.25) is 11.8 Å². The highest BCUT2D eigenvalue weighted by atomic mass is 16.6. The Kier molecular flexibility index (Phi) is 10.9. The molecule has 9 nitrogen and oxygen atoms in total. The first kappa shape index (κ1) is 32.8. The van der Waals surface area contributed by atoms with Crippen LogP contribution in [0.15, 0.2) is 48.5 Å². The van der Waals surface area contributed by atoms with Gasteiger partial charge in [-0.05, 0) is 89.3 Å². The summed E-state index contributed by atoms with van der Waals surface area (Å²) in [5, 5.41) is 26.1. The van der Waals surface area contributed by atoms with Gasteiger partial charge in [0, 0.05) is 18.0 Å². The molecule has 2 atom stereocenters. The van der Waals surface area contributed by atoms with Crippen LogP contribution in [0.2, 0.25) is 0 Å². The van der Waals surface area contributed by atoms with Crippen molar-refractivity contribution in [3.63, 3.8) is 0 Å². The Labute approximate surface area is 249 Å². The highest BCUT2D eigenvalue weighted by Gasteiger charge is 2.43. The second-order valence-electron chi connectivity index (χ2n) is 12.8. The van der Waals surface area contributed by atoms with E-state index in [4.69, 9.17) is 4.74 Å². The number of carbonyl (C=O) groups excluding carboxylic acids is 3. The highest BCUT2D eigenvalue weighted by Crippen LogP contribution is 2.34. The monoisotopic (exact) mass is 581 g/mol. The summed E-state index contributed by atoms with van der Waals surface area (Å²) in [7, 11) is 0. The summed E-state index contributed by atoms with van der Waals surface area (Å²) in [6.45, 7) is 10.9. The number of phenols is 2. The van der Waals surface area contributed by atoms with Crippen molar-refractivity contribution in [1.29, 1.82) is 0 Å². The van der Waals surface area contributed by atoms with Crippen molar-refractivity contribution in [2.75, 3.05) is 0 Å². The lowest BCUT2D eigenvalue weighted by molar-refractivity contribution is -0.149. The maximum absolute atomic E-state index is 14.7. The van der Waals surface area contributed by atoms with Crippen molar-refractivity contribution in [2.45, 2.75) is 116 Å². The van der Waals surface area contributed by atoms with E-state index in [1.807, 2.05) is 20.8 Å². The van der Waals surface area contributed by atoms with Crippen LogP contribution in [0, 0.1) is 0 Å². The molecule has 1 fully saturated rings. The Bertz CT molecular complexity index is 1220. The van der Waals surface area contributed by atoms with E-state index in [0.717, 1.165) is 32.1 Å². The highest BCUT2D eigenvalue weighted by molar-refractivity contribution is 5.93. The first-order valence-electron chi connectivity index (χ1n) is 14.9. The van der Waals surface area contributed by atoms with E-state index in [1.165, 1.54) is 24.3 Å². The van der Waals surface area contributed by atoms with Crippen molar-refractivity contribution in [1.82, 2.24) is 15.5 Å². The molecule has 0 aliphatic heterocycles.